The maximum Gasteiger partial charge on any atom is 0.228 e. The van der Waals surface area contributed by atoms with E-state index in [1.165, 1.54) is 6.42 Å². The molecule has 0 spiro atoms. The number of nitrogens with zero attached hydrogens (tertiary/aromatic N) is 2. The van der Waals surface area contributed by atoms with Crippen molar-refractivity contribution in [1.29, 1.82) is 0 Å². The summed E-state index contributed by atoms with van der Waals surface area (Å²) in [6.07, 6.45) is 4.69. The molecule has 0 aromatic carbocycles. The molecule has 2 bridgehead atoms. The lowest BCUT2D eigenvalue weighted by molar-refractivity contribution is 0.0996. The lowest BCUT2D eigenvalue weighted by Crippen LogP contribution is -2.37. The Balaban J connectivity index is 1.67. The predicted octanol–water partition coefficient (Wildman–Crippen LogP) is 2.02. The minimum Gasteiger partial charge on any atom is -0.374 e. The van der Waals surface area contributed by atoms with Gasteiger partial charge < -0.3 is 15.0 Å². The number of ether oxygens (including phenoxy) is 1. The van der Waals surface area contributed by atoms with Crippen molar-refractivity contribution in [2.45, 2.75) is 70.6 Å². The van der Waals surface area contributed by atoms with Gasteiger partial charge in [0.05, 0.1) is 18.1 Å². The molecule has 0 amide bonds. The summed E-state index contributed by atoms with van der Waals surface area (Å²) in [5, 5.41) is 4.13. The summed E-state index contributed by atoms with van der Waals surface area (Å²) in [5.41, 5.74) is 6.20. The molecule has 1 aromatic rings. The van der Waals surface area contributed by atoms with Gasteiger partial charge in [-0.2, -0.15) is 4.98 Å². The largest absolute Gasteiger partial charge is 0.374 e. The summed E-state index contributed by atoms with van der Waals surface area (Å²) < 4.78 is 11.2. The van der Waals surface area contributed by atoms with Gasteiger partial charge in [0.15, 0.2) is 5.82 Å². The van der Waals surface area contributed by atoms with Crippen LogP contribution in [-0.4, -0.2) is 28.4 Å². The molecule has 2 saturated heterocycles. The predicted molar refractivity (Wildman–Crippen MR) is 70.7 cm³/mol. The van der Waals surface area contributed by atoms with Crippen molar-refractivity contribution in [3.05, 3.63) is 11.7 Å². The summed E-state index contributed by atoms with van der Waals surface area (Å²) in [4.78, 5) is 4.53. The number of nitrogens with two attached hydrogens (primary N) is 1. The second-order valence-electron chi connectivity index (χ2n) is 6.94. The quantitative estimate of drug-likeness (QED) is 0.905. The fourth-order valence-electron chi connectivity index (χ4n) is 2.91. The molecule has 2 fully saturated rings. The molecular weight excluding hydrogens is 242 g/mol. The first-order valence-corrected chi connectivity index (χ1v) is 7.17. The maximum absolute atomic E-state index is 6.15. The summed E-state index contributed by atoms with van der Waals surface area (Å²) in [6.45, 7) is 6.37. The monoisotopic (exact) mass is 265 g/mol. The third-order valence-corrected chi connectivity index (χ3v) is 4.43. The van der Waals surface area contributed by atoms with Crippen LogP contribution < -0.4 is 5.73 Å². The topological polar surface area (TPSA) is 74.2 Å². The number of rotatable bonds is 3. The third-order valence-electron chi connectivity index (χ3n) is 4.43. The highest BCUT2D eigenvalue weighted by atomic mass is 16.5. The van der Waals surface area contributed by atoms with Crippen molar-refractivity contribution in [3.63, 3.8) is 0 Å². The van der Waals surface area contributed by atoms with Crippen molar-refractivity contribution in [1.82, 2.24) is 10.1 Å². The lowest BCUT2D eigenvalue weighted by atomic mass is 9.85. The van der Waals surface area contributed by atoms with Gasteiger partial charge in [-0.25, -0.2) is 0 Å². The van der Waals surface area contributed by atoms with Crippen LogP contribution in [0.3, 0.4) is 0 Å². The molecule has 5 heteroatoms. The minimum absolute atomic E-state index is 0.0251. The van der Waals surface area contributed by atoms with Gasteiger partial charge in [0.2, 0.25) is 5.89 Å². The molecule has 0 radical (unpaired) electrons. The van der Waals surface area contributed by atoms with E-state index in [0.717, 1.165) is 18.7 Å². The average molecular weight is 265 g/mol. The molecule has 2 N–H and O–H groups in total. The Labute approximate surface area is 113 Å². The Bertz CT molecular complexity index is 452. The van der Waals surface area contributed by atoms with E-state index in [2.05, 4.69) is 30.9 Å². The second kappa shape index (κ2) is 4.56. The number of fused-ring (bicyclic) bond motifs is 2. The van der Waals surface area contributed by atoms with Gasteiger partial charge in [0, 0.05) is 12.5 Å². The van der Waals surface area contributed by atoms with Crippen LogP contribution in [0.5, 0.6) is 0 Å². The van der Waals surface area contributed by atoms with Crippen LogP contribution in [0.25, 0.3) is 0 Å². The fourth-order valence-corrected chi connectivity index (χ4v) is 2.91. The van der Waals surface area contributed by atoms with Crippen LogP contribution in [0, 0.1) is 5.41 Å². The molecule has 2 aliphatic rings. The highest BCUT2D eigenvalue weighted by Gasteiger charge is 2.43. The molecule has 106 valence electrons. The van der Waals surface area contributed by atoms with Crippen molar-refractivity contribution in [3.8, 4) is 0 Å². The molecule has 2 aliphatic heterocycles. The zero-order chi connectivity index (χ0) is 13.6. The summed E-state index contributed by atoms with van der Waals surface area (Å²) >= 11 is 0. The van der Waals surface area contributed by atoms with Crippen LogP contribution in [0.4, 0.5) is 0 Å². The molecule has 3 heterocycles. The van der Waals surface area contributed by atoms with Gasteiger partial charge in [-0.3, -0.25) is 0 Å². The molecule has 19 heavy (non-hydrogen) atoms. The first-order chi connectivity index (χ1) is 8.93. The minimum atomic E-state index is 0.0251. The summed E-state index contributed by atoms with van der Waals surface area (Å²) in [5.74, 6) is 1.78. The van der Waals surface area contributed by atoms with Gasteiger partial charge in [0.1, 0.15) is 0 Å². The lowest BCUT2D eigenvalue weighted by Gasteiger charge is -2.25. The zero-order valence-electron chi connectivity index (χ0n) is 11.9. The smallest absolute Gasteiger partial charge is 0.228 e. The van der Waals surface area contributed by atoms with E-state index in [0.29, 0.717) is 30.4 Å². The second-order valence-corrected chi connectivity index (χ2v) is 6.94. The van der Waals surface area contributed by atoms with Crippen LogP contribution >= 0.6 is 0 Å². The van der Waals surface area contributed by atoms with Crippen molar-refractivity contribution in [2.24, 2.45) is 11.1 Å². The van der Waals surface area contributed by atoms with E-state index in [-0.39, 0.29) is 11.5 Å². The normalized spacial score (nSPS) is 31.9. The van der Waals surface area contributed by atoms with E-state index in [4.69, 9.17) is 15.0 Å². The van der Waals surface area contributed by atoms with Crippen LogP contribution in [0.1, 0.15) is 57.7 Å². The summed E-state index contributed by atoms with van der Waals surface area (Å²) in [7, 11) is 0. The van der Waals surface area contributed by atoms with Crippen molar-refractivity contribution >= 4 is 0 Å². The summed E-state index contributed by atoms with van der Waals surface area (Å²) in [6, 6.07) is 0.0251. The molecule has 0 aliphatic carbocycles. The SMILES string of the molecule is CC(C)(C)C(N)Cc1nc(C2CC3CCC2O3)no1. The first-order valence-electron chi connectivity index (χ1n) is 7.17. The third kappa shape index (κ3) is 2.54. The molecular formula is C14H23N3O2. The zero-order valence-corrected chi connectivity index (χ0v) is 11.9. The van der Waals surface area contributed by atoms with E-state index in [9.17, 15) is 0 Å². The van der Waals surface area contributed by atoms with Crippen LogP contribution in [0.2, 0.25) is 0 Å². The highest BCUT2D eigenvalue weighted by molar-refractivity contribution is 5.07. The Morgan fingerprint density at radius 1 is 1.37 bits per heavy atom. The Morgan fingerprint density at radius 2 is 2.16 bits per heavy atom. The van der Waals surface area contributed by atoms with Gasteiger partial charge >= 0.3 is 0 Å². The van der Waals surface area contributed by atoms with Gasteiger partial charge in [0.25, 0.3) is 0 Å². The van der Waals surface area contributed by atoms with Crippen LogP contribution in [0.15, 0.2) is 4.52 Å². The molecule has 3 rings (SSSR count). The van der Waals surface area contributed by atoms with Crippen LogP contribution in [-0.2, 0) is 11.2 Å². The Hall–Kier alpha value is -0.940. The standard InChI is InChI=1S/C14H23N3O2/c1-14(2,3)11(15)7-12-16-13(17-19-12)9-6-8-4-5-10(9)18-8/h8-11H,4-7,15H2,1-3H3. The Kier molecular flexibility index (Phi) is 3.14. The maximum atomic E-state index is 6.15. The number of hydrogen-bond acceptors (Lipinski definition) is 5. The average Bonchev–Trinajstić information content (AvgIpc) is 3.02. The van der Waals surface area contributed by atoms with E-state index in [1.54, 1.807) is 0 Å². The molecule has 0 saturated carbocycles. The van der Waals surface area contributed by atoms with Crippen molar-refractivity contribution < 1.29 is 9.26 Å². The van der Waals surface area contributed by atoms with Gasteiger partial charge in [-0.1, -0.05) is 25.9 Å². The van der Waals surface area contributed by atoms with E-state index >= 15 is 0 Å². The molecule has 5 nitrogen and oxygen atoms in total. The van der Waals surface area contributed by atoms with E-state index < -0.39 is 0 Å². The van der Waals surface area contributed by atoms with Crippen molar-refractivity contribution in [2.75, 3.05) is 0 Å². The molecule has 1 aromatic heterocycles. The van der Waals surface area contributed by atoms with Gasteiger partial charge in [-0.05, 0) is 24.7 Å². The van der Waals surface area contributed by atoms with Gasteiger partial charge in [-0.15, -0.1) is 0 Å². The fraction of sp³-hybridized carbons (Fsp3) is 0.857. The van der Waals surface area contributed by atoms with E-state index in [1.807, 2.05) is 0 Å². The molecule has 4 unspecified atom stereocenters. The Morgan fingerprint density at radius 3 is 2.74 bits per heavy atom. The highest BCUT2D eigenvalue weighted by Crippen LogP contribution is 2.43. The first kappa shape index (κ1) is 13.1. The number of hydrogen-bond donors (Lipinski definition) is 1. The number of aromatic nitrogens is 2. The molecule has 4 atom stereocenters.